The lowest BCUT2D eigenvalue weighted by Crippen LogP contribution is -2.65. The molecule has 3 aliphatic heterocycles. The number of ether oxygens (including phenoxy) is 4. The van der Waals surface area contributed by atoms with Crippen molar-refractivity contribution in [3.8, 4) is 0 Å². The van der Waals surface area contributed by atoms with Gasteiger partial charge in [-0.25, -0.2) is 9.59 Å². The molecule has 3 saturated heterocycles. The molecule has 172 valence electrons. The molecule has 0 bridgehead atoms. The van der Waals surface area contributed by atoms with E-state index < -0.39 is 11.3 Å². The van der Waals surface area contributed by atoms with Crippen molar-refractivity contribution in [1.29, 1.82) is 0 Å². The monoisotopic (exact) mass is 464 g/mol. The van der Waals surface area contributed by atoms with Gasteiger partial charge in [0.25, 0.3) is 0 Å². The van der Waals surface area contributed by atoms with Crippen molar-refractivity contribution >= 4 is 35.6 Å². The van der Waals surface area contributed by atoms with E-state index in [9.17, 15) is 9.59 Å². The van der Waals surface area contributed by atoms with Gasteiger partial charge >= 0.3 is 12.1 Å². The summed E-state index contributed by atoms with van der Waals surface area (Å²) in [6.45, 7) is 6.33. The first kappa shape index (κ1) is 23.7. The third kappa shape index (κ3) is 3.45. The van der Waals surface area contributed by atoms with Crippen LogP contribution in [0.4, 0.5) is 9.59 Å². The van der Waals surface area contributed by atoms with Crippen LogP contribution in [0.5, 0.6) is 0 Å². The highest BCUT2D eigenvalue weighted by Crippen LogP contribution is 2.51. The third-order valence-electron chi connectivity index (χ3n) is 6.24. The van der Waals surface area contributed by atoms with Gasteiger partial charge in [0.05, 0.1) is 0 Å². The fourth-order valence-corrected chi connectivity index (χ4v) is 6.96. The zero-order chi connectivity index (χ0) is 22.1. The van der Waals surface area contributed by atoms with Crippen LogP contribution in [-0.4, -0.2) is 113 Å². The number of likely N-dealkylation sites (N-methyl/N-ethyl adjacent to an activating group) is 1. The fourth-order valence-electron chi connectivity index (χ4n) is 4.45. The normalized spacial score (nSPS) is 34.3. The maximum absolute atomic E-state index is 13.4. The number of rotatable bonds is 9. The van der Waals surface area contributed by atoms with E-state index >= 15 is 0 Å². The second kappa shape index (κ2) is 9.29. The van der Waals surface area contributed by atoms with Gasteiger partial charge in [-0.15, -0.1) is 23.5 Å². The van der Waals surface area contributed by atoms with Gasteiger partial charge in [0.15, 0.2) is 11.3 Å². The van der Waals surface area contributed by atoms with Crippen molar-refractivity contribution in [1.82, 2.24) is 19.6 Å². The summed E-state index contributed by atoms with van der Waals surface area (Å²) in [6.07, 6.45) is 0. The highest BCUT2D eigenvalue weighted by atomic mass is 32.2. The number of nitrogens with zero attached hydrogens (tertiary/aromatic N) is 4. The van der Waals surface area contributed by atoms with Crippen LogP contribution in [0.3, 0.4) is 0 Å². The topological polar surface area (TPSA) is 84.0 Å². The van der Waals surface area contributed by atoms with Crippen LogP contribution in [0.2, 0.25) is 0 Å². The maximum atomic E-state index is 13.4. The number of methoxy groups -OCH3 is 3. The average molecular weight is 465 g/mol. The number of carbonyl (C=O) groups excluding carboxylic acids is 2. The highest BCUT2D eigenvalue weighted by Gasteiger charge is 2.74. The molecule has 3 rings (SSSR count). The first-order valence-corrected chi connectivity index (χ1v) is 11.9. The quantitative estimate of drug-likeness (QED) is 0.511. The Balaban J connectivity index is 1.88. The Labute approximate surface area is 186 Å². The number of carbonyl (C=O) groups is 2. The lowest BCUT2D eigenvalue weighted by atomic mass is 9.95. The van der Waals surface area contributed by atoms with Crippen LogP contribution >= 0.6 is 23.5 Å². The van der Waals surface area contributed by atoms with Crippen molar-refractivity contribution in [3.63, 3.8) is 0 Å². The van der Waals surface area contributed by atoms with Crippen LogP contribution in [0.25, 0.3) is 0 Å². The first-order chi connectivity index (χ1) is 14.3. The molecule has 0 aliphatic carbocycles. The number of hydrogen-bond donors (Lipinski definition) is 0. The first-order valence-electron chi connectivity index (χ1n) is 9.85. The third-order valence-corrected chi connectivity index (χ3v) is 9.06. The second-order valence-electron chi connectivity index (χ2n) is 7.53. The number of urea groups is 2. The molecule has 3 fully saturated rings. The number of fused-ring (bicyclic) bond motifs is 1. The van der Waals surface area contributed by atoms with Gasteiger partial charge in [-0.05, 0) is 20.8 Å². The molecular formula is C18H32N4O6S2. The van der Waals surface area contributed by atoms with Crippen molar-refractivity contribution < 1.29 is 28.5 Å². The molecule has 0 spiro atoms. The van der Waals surface area contributed by atoms with Gasteiger partial charge in [-0.1, -0.05) is 0 Å². The minimum absolute atomic E-state index is 0.0516. The molecule has 0 aromatic heterocycles. The van der Waals surface area contributed by atoms with E-state index in [0.29, 0.717) is 6.54 Å². The zero-order valence-electron chi connectivity index (χ0n) is 18.5. The van der Waals surface area contributed by atoms with Gasteiger partial charge in [0, 0.05) is 39.4 Å². The Kier molecular flexibility index (Phi) is 7.35. The van der Waals surface area contributed by atoms with Crippen molar-refractivity contribution in [3.05, 3.63) is 0 Å². The number of hydrogen-bond acceptors (Lipinski definition) is 8. The van der Waals surface area contributed by atoms with E-state index in [4.69, 9.17) is 18.9 Å². The van der Waals surface area contributed by atoms with Crippen LogP contribution in [-0.2, 0) is 18.9 Å². The van der Waals surface area contributed by atoms with Crippen molar-refractivity contribution in [2.24, 2.45) is 0 Å². The molecule has 10 nitrogen and oxygen atoms in total. The molecule has 3 aliphatic rings. The van der Waals surface area contributed by atoms with Gasteiger partial charge in [-0.2, -0.15) is 0 Å². The summed E-state index contributed by atoms with van der Waals surface area (Å²) < 4.78 is 22.2. The van der Waals surface area contributed by atoms with Crippen LogP contribution in [0.1, 0.15) is 20.8 Å². The Hall–Kier alpha value is -0.920. The van der Waals surface area contributed by atoms with E-state index in [1.54, 1.807) is 50.2 Å². The van der Waals surface area contributed by atoms with E-state index in [1.807, 2.05) is 20.8 Å². The summed E-state index contributed by atoms with van der Waals surface area (Å²) in [5.41, 5.74) is -1.83. The van der Waals surface area contributed by atoms with Gasteiger partial charge < -0.3 is 18.9 Å². The smallest absolute Gasteiger partial charge is 0.327 e. The highest BCUT2D eigenvalue weighted by molar-refractivity contribution is 8.06. The van der Waals surface area contributed by atoms with Crippen LogP contribution < -0.4 is 0 Å². The molecule has 30 heavy (non-hydrogen) atoms. The van der Waals surface area contributed by atoms with Gasteiger partial charge in [0.1, 0.15) is 31.1 Å². The van der Waals surface area contributed by atoms with Gasteiger partial charge in [-0.3, -0.25) is 19.6 Å². The number of thioether (sulfide) groups is 2. The molecule has 0 N–H and O–H groups in total. The Morgan fingerprint density at radius 3 is 1.77 bits per heavy atom. The Morgan fingerprint density at radius 2 is 1.30 bits per heavy atom. The van der Waals surface area contributed by atoms with Crippen molar-refractivity contribution in [2.45, 2.75) is 43.0 Å². The molecule has 0 radical (unpaired) electrons. The molecule has 0 aromatic rings. The largest absolute Gasteiger partial charge is 0.370 e. The molecule has 0 saturated carbocycles. The maximum Gasteiger partial charge on any atom is 0.327 e. The lowest BCUT2D eigenvalue weighted by Gasteiger charge is -2.45. The SMILES string of the molecule is CCN1C(=O)N(COC2CSC(OC)CS2)C2(C)N(COC)C(=O)N(COC)C12C. The standard InChI is InChI=1S/C18H32N4O6S2/c1-7-19-15(23)22(12-28-14-9-29-13(27-6)8-30-14)18(3)17(19,2)20(10-25-4)16(24)21(18)11-26-5/h13-14H,7-12H2,1-6H3. The lowest BCUT2D eigenvalue weighted by molar-refractivity contribution is -0.107. The van der Waals surface area contributed by atoms with E-state index in [0.717, 1.165) is 11.5 Å². The fraction of sp³-hybridized carbons (Fsp3) is 0.889. The molecule has 4 amide bonds. The zero-order valence-corrected chi connectivity index (χ0v) is 20.1. The molecular weight excluding hydrogens is 432 g/mol. The summed E-state index contributed by atoms with van der Waals surface area (Å²) in [6, 6.07) is -0.425. The summed E-state index contributed by atoms with van der Waals surface area (Å²) in [5, 5.41) is 0. The minimum Gasteiger partial charge on any atom is -0.370 e. The molecule has 0 aromatic carbocycles. The van der Waals surface area contributed by atoms with Crippen LogP contribution in [0.15, 0.2) is 0 Å². The van der Waals surface area contributed by atoms with Crippen LogP contribution in [0, 0.1) is 0 Å². The van der Waals surface area contributed by atoms with Gasteiger partial charge in [0.2, 0.25) is 0 Å². The predicted molar refractivity (Wildman–Crippen MR) is 115 cm³/mol. The Morgan fingerprint density at radius 1 is 0.833 bits per heavy atom. The van der Waals surface area contributed by atoms with Crippen molar-refractivity contribution in [2.75, 3.05) is 59.6 Å². The minimum atomic E-state index is -0.993. The summed E-state index contributed by atoms with van der Waals surface area (Å²) >= 11 is 3.38. The molecule has 4 unspecified atom stereocenters. The summed E-state index contributed by atoms with van der Waals surface area (Å²) in [7, 11) is 4.77. The predicted octanol–water partition coefficient (Wildman–Crippen LogP) is 1.87. The van der Waals surface area contributed by atoms with E-state index in [-0.39, 0.29) is 43.1 Å². The molecule has 3 heterocycles. The van der Waals surface area contributed by atoms with E-state index in [2.05, 4.69) is 0 Å². The second-order valence-corrected chi connectivity index (χ2v) is 9.91. The average Bonchev–Trinajstić information content (AvgIpc) is 3.00. The summed E-state index contributed by atoms with van der Waals surface area (Å²) in [5.74, 6) is 1.60. The number of amides is 4. The molecule has 12 heteroatoms. The summed E-state index contributed by atoms with van der Waals surface area (Å²) in [4.78, 5) is 33.2. The Bertz CT molecular complexity index is 652. The molecule has 4 atom stereocenters. The van der Waals surface area contributed by atoms with E-state index in [1.165, 1.54) is 14.2 Å².